The number of aromatic nitrogens is 1. The first-order valence-electron chi connectivity index (χ1n) is 6.74. The summed E-state index contributed by atoms with van der Waals surface area (Å²) in [4.78, 5) is 8.35. The first kappa shape index (κ1) is 14.0. The van der Waals surface area contributed by atoms with Crippen LogP contribution in [0.5, 0.6) is 0 Å². The predicted octanol–water partition coefficient (Wildman–Crippen LogP) is 2.66. The molecule has 1 aromatic heterocycles. The average molecular weight is 267 g/mol. The summed E-state index contributed by atoms with van der Waals surface area (Å²) in [6.07, 6.45) is 0. The third-order valence-corrected chi connectivity index (χ3v) is 4.86. The minimum Gasteiger partial charge on any atom is -0.311 e. The molecule has 0 spiro atoms. The van der Waals surface area contributed by atoms with E-state index in [4.69, 9.17) is 0 Å². The largest absolute Gasteiger partial charge is 0.311 e. The van der Waals surface area contributed by atoms with Crippen LogP contribution in [0.15, 0.2) is 5.51 Å². The number of aryl methyl sites for hydroxylation is 1. The van der Waals surface area contributed by atoms with Gasteiger partial charge < -0.3 is 5.32 Å². The van der Waals surface area contributed by atoms with E-state index in [1.807, 2.05) is 5.51 Å². The van der Waals surface area contributed by atoms with Gasteiger partial charge in [0.1, 0.15) is 0 Å². The average Bonchev–Trinajstić information content (AvgIpc) is 2.66. The molecule has 0 aromatic carbocycles. The molecule has 3 nitrogen and oxygen atoms in total. The highest BCUT2D eigenvalue weighted by atomic mass is 32.1. The van der Waals surface area contributed by atoms with Gasteiger partial charge in [-0.1, -0.05) is 20.8 Å². The zero-order chi connectivity index (χ0) is 13.3. The summed E-state index contributed by atoms with van der Waals surface area (Å²) in [6, 6.07) is 1.17. The fourth-order valence-corrected chi connectivity index (χ4v) is 3.19. The summed E-state index contributed by atoms with van der Waals surface area (Å²) in [7, 11) is 0. The number of hydrogen-bond donors (Lipinski definition) is 1. The molecular weight excluding hydrogens is 242 g/mol. The number of piperazine rings is 1. The van der Waals surface area contributed by atoms with Gasteiger partial charge in [0.15, 0.2) is 0 Å². The van der Waals surface area contributed by atoms with E-state index in [2.05, 4.69) is 49.8 Å². The fourth-order valence-electron chi connectivity index (χ4n) is 2.38. The highest BCUT2D eigenvalue weighted by Crippen LogP contribution is 2.25. The van der Waals surface area contributed by atoms with Crippen LogP contribution >= 0.6 is 11.3 Å². The summed E-state index contributed by atoms with van der Waals surface area (Å²) < 4.78 is 0. The third kappa shape index (κ3) is 3.11. The van der Waals surface area contributed by atoms with Crippen LogP contribution in [-0.4, -0.2) is 35.1 Å². The summed E-state index contributed by atoms with van der Waals surface area (Å²) >= 11 is 1.78. The van der Waals surface area contributed by atoms with Gasteiger partial charge in [0.25, 0.3) is 0 Å². The van der Waals surface area contributed by atoms with Gasteiger partial charge in [0.05, 0.1) is 11.2 Å². The van der Waals surface area contributed by atoms with Crippen molar-refractivity contribution in [3.63, 3.8) is 0 Å². The van der Waals surface area contributed by atoms with Gasteiger partial charge >= 0.3 is 0 Å². The molecule has 2 atom stereocenters. The van der Waals surface area contributed by atoms with E-state index in [0.717, 1.165) is 19.6 Å². The molecule has 1 aromatic rings. The molecular formula is C14H25N3S. The van der Waals surface area contributed by atoms with E-state index in [9.17, 15) is 0 Å². The smallest absolute Gasteiger partial charge is 0.0798 e. The molecule has 0 bridgehead atoms. The van der Waals surface area contributed by atoms with E-state index in [0.29, 0.717) is 17.5 Å². The van der Waals surface area contributed by atoms with Crippen LogP contribution in [0.2, 0.25) is 0 Å². The lowest BCUT2D eigenvalue weighted by atomic mass is 9.85. The highest BCUT2D eigenvalue weighted by Gasteiger charge is 2.32. The van der Waals surface area contributed by atoms with Crippen molar-refractivity contribution in [2.75, 3.05) is 13.1 Å². The van der Waals surface area contributed by atoms with E-state index in [1.165, 1.54) is 10.6 Å². The Bertz CT molecular complexity index is 394. The van der Waals surface area contributed by atoms with Crippen molar-refractivity contribution in [3.05, 3.63) is 16.1 Å². The Morgan fingerprint density at radius 2 is 2.22 bits per heavy atom. The van der Waals surface area contributed by atoms with Crippen molar-refractivity contribution in [3.8, 4) is 0 Å². The van der Waals surface area contributed by atoms with Crippen LogP contribution in [0.25, 0.3) is 0 Å². The molecule has 1 saturated heterocycles. The molecule has 2 rings (SSSR count). The van der Waals surface area contributed by atoms with Gasteiger partial charge in [-0.15, -0.1) is 11.3 Å². The van der Waals surface area contributed by atoms with Gasteiger partial charge in [-0.2, -0.15) is 0 Å². The van der Waals surface area contributed by atoms with Crippen LogP contribution in [0.1, 0.15) is 38.3 Å². The number of nitrogens with zero attached hydrogens (tertiary/aromatic N) is 2. The Balaban J connectivity index is 2.04. The summed E-state index contributed by atoms with van der Waals surface area (Å²) in [6.45, 7) is 14.6. The van der Waals surface area contributed by atoms with Crippen molar-refractivity contribution >= 4 is 11.3 Å². The van der Waals surface area contributed by atoms with Crippen LogP contribution in [0.3, 0.4) is 0 Å². The minimum atomic E-state index is 0.321. The zero-order valence-electron chi connectivity index (χ0n) is 12.2. The topological polar surface area (TPSA) is 28.2 Å². The molecule has 0 saturated carbocycles. The monoisotopic (exact) mass is 267 g/mol. The van der Waals surface area contributed by atoms with E-state index >= 15 is 0 Å². The molecule has 18 heavy (non-hydrogen) atoms. The first-order chi connectivity index (χ1) is 8.38. The Labute approximate surface area is 115 Å². The lowest BCUT2D eigenvalue weighted by Gasteiger charge is -2.43. The van der Waals surface area contributed by atoms with Crippen molar-refractivity contribution in [2.24, 2.45) is 5.41 Å². The van der Waals surface area contributed by atoms with E-state index in [1.54, 1.807) is 11.3 Å². The Morgan fingerprint density at radius 3 is 2.78 bits per heavy atom. The number of rotatable bonds is 2. The minimum absolute atomic E-state index is 0.321. The Morgan fingerprint density at radius 1 is 1.50 bits per heavy atom. The van der Waals surface area contributed by atoms with Crippen molar-refractivity contribution in [1.29, 1.82) is 0 Å². The SMILES string of the molecule is Cc1ncsc1CN1CC(C(C)(C)C)NCC1C. The second-order valence-corrected chi connectivity index (χ2v) is 7.41. The first-order valence-corrected chi connectivity index (χ1v) is 7.62. The maximum absolute atomic E-state index is 4.35. The van der Waals surface area contributed by atoms with Crippen LogP contribution in [0, 0.1) is 12.3 Å². The lowest BCUT2D eigenvalue weighted by molar-refractivity contribution is 0.0884. The van der Waals surface area contributed by atoms with Crippen LogP contribution in [-0.2, 0) is 6.54 Å². The van der Waals surface area contributed by atoms with Crippen molar-refractivity contribution in [1.82, 2.24) is 15.2 Å². The van der Waals surface area contributed by atoms with Gasteiger partial charge in [0.2, 0.25) is 0 Å². The fraction of sp³-hybridized carbons (Fsp3) is 0.786. The van der Waals surface area contributed by atoms with Gasteiger partial charge in [-0.05, 0) is 19.3 Å². The predicted molar refractivity (Wildman–Crippen MR) is 78.0 cm³/mol. The Hall–Kier alpha value is -0.450. The van der Waals surface area contributed by atoms with Gasteiger partial charge in [0, 0.05) is 36.6 Å². The summed E-state index contributed by atoms with van der Waals surface area (Å²) in [5, 5.41) is 3.68. The Kier molecular flexibility index (Phi) is 4.09. The van der Waals surface area contributed by atoms with Crippen molar-refractivity contribution in [2.45, 2.75) is 53.2 Å². The maximum Gasteiger partial charge on any atom is 0.0798 e. The normalized spacial score (nSPS) is 26.5. The maximum atomic E-state index is 4.35. The summed E-state index contributed by atoms with van der Waals surface area (Å²) in [5.41, 5.74) is 3.47. The number of thiazole rings is 1. The molecule has 2 heterocycles. The molecule has 1 aliphatic heterocycles. The molecule has 1 fully saturated rings. The molecule has 1 aliphatic rings. The molecule has 0 radical (unpaired) electrons. The zero-order valence-corrected chi connectivity index (χ0v) is 13.0. The molecule has 4 heteroatoms. The molecule has 0 amide bonds. The van der Waals surface area contributed by atoms with Gasteiger partial charge in [-0.3, -0.25) is 4.90 Å². The third-order valence-electron chi connectivity index (χ3n) is 3.94. The van der Waals surface area contributed by atoms with E-state index < -0.39 is 0 Å². The second kappa shape index (κ2) is 5.27. The molecule has 2 unspecified atom stereocenters. The van der Waals surface area contributed by atoms with Gasteiger partial charge in [-0.25, -0.2) is 4.98 Å². The van der Waals surface area contributed by atoms with Crippen LogP contribution in [0.4, 0.5) is 0 Å². The number of nitrogens with one attached hydrogen (secondary N) is 1. The highest BCUT2D eigenvalue weighted by molar-refractivity contribution is 7.09. The standard InChI is InChI=1S/C14H25N3S/c1-10-6-15-13(14(3,4)5)8-17(10)7-12-11(2)16-9-18-12/h9-10,13,15H,6-8H2,1-5H3. The molecule has 0 aliphatic carbocycles. The van der Waals surface area contributed by atoms with Crippen molar-refractivity contribution < 1.29 is 0 Å². The van der Waals surface area contributed by atoms with E-state index in [-0.39, 0.29) is 0 Å². The van der Waals surface area contributed by atoms with Crippen LogP contribution < -0.4 is 5.32 Å². The number of hydrogen-bond acceptors (Lipinski definition) is 4. The molecule has 102 valence electrons. The lowest BCUT2D eigenvalue weighted by Crippen LogP contribution is -2.59. The summed E-state index contributed by atoms with van der Waals surface area (Å²) in [5.74, 6) is 0. The quantitative estimate of drug-likeness (QED) is 0.893. The second-order valence-electron chi connectivity index (χ2n) is 6.47. The molecule has 1 N–H and O–H groups in total.